The van der Waals surface area contributed by atoms with Gasteiger partial charge in [0, 0.05) is 31.7 Å². The van der Waals surface area contributed by atoms with E-state index in [-0.39, 0.29) is 17.3 Å². The zero-order valence-electron chi connectivity index (χ0n) is 16.7. The minimum absolute atomic E-state index is 0.0448. The van der Waals surface area contributed by atoms with Crippen LogP contribution in [-0.2, 0) is 9.59 Å². The van der Waals surface area contributed by atoms with E-state index in [9.17, 15) is 18.4 Å². The molecule has 158 valence electrons. The topological polar surface area (TPSA) is 52.7 Å². The van der Waals surface area contributed by atoms with Gasteiger partial charge in [-0.1, -0.05) is 30.3 Å². The summed E-state index contributed by atoms with van der Waals surface area (Å²) in [6.45, 7) is 1.71. The van der Waals surface area contributed by atoms with Gasteiger partial charge < -0.3 is 15.1 Å². The lowest BCUT2D eigenvalue weighted by molar-refractivity contribution is -0.141. The highest BCUT2D eigenvalue weighted by atomic mass is 19.1. The van der Waals surface area contributed by atoms with E-state index < -0.39 is 23.6 Å². The van der Waals surface area contributed by atoms with E-state index in [0.29, 0.717) is 31.6 Å². The number of halogens is 2. The quantitative estimate of drug-likeness (QED) is 0.797. The lowest BCUT2D eigenvalue weighted by atomic mass is 10.0. The number of nitrogens with zero attached hydrogens (tertiary/aromatic N) is 2. The third-order valence-corrected chi connectivity index (χ3v) is 5.74. The molecule has 7 heteroatoms. The summed E-state index contributed by atoms with van der Waals surface area (Å²) in [4.78, 5) is 28.9. The number of anilines is 2. The van der Waals surface area contributed by atoms with Gasteiger partial charge in [0.2, 0.25) is 5.91 Å². The van der Waals surface area contributed by atoms with E-state index in [1.165, 1.54) is 0 Å². The third kappa shape index (κ3) is 4.15. The Morgan fingerprint density at radius 2 is 1.57 bits per heavy atom. The van der Waals surface area contributed by atoms with Crippen molar-refractivity contribution in [3.8, 4) is 0 Å². The lowest BCUT2D eigenvalue weighted by Crippen LogP contribution is -2.43. The van der Waals surface area contributed by atoms with Crippen LogP contribution in [0.4, 0.5) is 20.2 Å². The van der Waals surface area contributed by atoms with E-state index in [2.05, 4.69) is 5.32 Å². The number of carbonyl (C=O) groups excluding carboxylic acids is 2. The standard InChI is InChI=1S/C23H25F2N3O2/c24-18-14-17(15-19(25)22(18)27-11-6-7-12-27)26-23(30)21(16-8-2-1-3-9-16)28-13-5-4-10-20(28)29/h1-3,8-9,14-15,21H,4-7,10-13H2,(H,26,30). The van der Waals surface area contributed by atoms with Gasteiger partial charge in [-0.25, -0.2) is 8.78 Å². The molecule has 4 rings (SSSR count). The Hall–Kier alpha value is -2.96. The van der Waals surface area contributed by atoms with Crippen LogP contribution in [-0.4, -0.2) is 36.3 Å². The highest BCUT2D eigenvalue weighted by Gasteiger charge is 2.33. The molecule has 30 heavy (non-hydrogen) atoms. The lowest BCUT2D eigenvalue weighted by Gasteiger charge is -2.34. The van der Waals surface area contributed by atoms with Gasteiger partial charge in [-0.3, -0.25) is 9.59 Å². The van der Waals surface area contributed by atoms with Crippen molar-refractivity contribution in [2.45, 2.75) is 38.1 Å². The number of likely N-dealkylation sites (tertiary alicyclic amines) is 1. The predicted molar refractivity (Wildman–Crippen MR) is 111 cm³/mol. The van der Waals surface area contributed by atoms with Gasteiger partial charge >= 0.3 is 0 Å². The summed E-state index contributed by atoms with van der Waals surface area (Å²) in [5.74, 6) is -1.97. The smallest absolute Gasteiger partial charge is 0.251 e. The first-order chi connectivity index (χ1) is 14.5. The highest BCUT2D eigenvalue weighted by Crippen LogP contribution is 2.31. The van der Waals surface area contributed by atoms with Gasteiger partial charge in [0.25, 0.3) is 5.91 Å². The monoisotopic (exact) mass is 413 g/mol. The van der Waals surface area contributed by atoms with E-state index >= 15 is 0 Å². The zero-order valence-corrected chi connectivity index (χ0v) is 16.7. The van der Waals surface area contributed by atoms with Gasteiger partial charge in [-0.2, -0.15) is 0 Å². The SMILES string of the molecule is O=C(Nc1cc(F)c(N2CCCC2)c(F)c1)C(c1ccccc1)N1CCCCC1=O. The molecule has 2 aliphatic rings. The van der Waals surface area contributed by atoms with Crippen LogP contribution >= 0.6 is 0 Å². The van der Waals surface area contributed by atoms with Crippen LogP contribution in [0.15, 0.2) is 42.5 Å². The van der Waals surface area contributed by atoms with E-state index in [1.807, 2.05) is 6.07 Å². The van der Waals surface area contributed by atoms with Crippen molar-refractivity contribution in [1.82, 2.24) is 4.90 Å². The second kappa shape index (κ2) is 8.81. The Kier molecular flexibility index (Phi) is 5.97. The Morgan fingerprint density at radius 1 is 0.933 bits per heavy atom. The maximum Gasteiger partial charge on any atom is 0.251 e. The average Bonchev–Trinajstić information content (AvgIpc) is 3.24. The highest BCUT2D eigenvalue weighted by molar-refractivity contribution is 5.98. The average molecular weight is 413 g/mol. The van der Waals surface area contributed by atoms with Crippen molar-refractivity contribution in [2.24, 2.45) is 0 Å². The molecule has 2 saturated heterocycles. The molecule has 2 heterocycles. The molecule has 1 atom stereocenters. The molecule has 0 bridgehead atoms. The molecule has 0 aliphatic carbocycles. The number of carbonyl (C=O) groups is 2. The molecule has 0 saturated carbocycles. The van der Waals surface area contributed by atoms with Crippen LogP contribution in [0.25, 0.3) is 0 Å². The molecule has 2 aliphatic heterocycles. The molecule has 0 spiro atoms. The van der Waals surface area contributed by atoms with E-state index in [1.54, 1.807) is 34.1 Å². The van der Waals surface area contributed by atoms with Gasteiger partial charge in [0.1, 0.15) is 11.7 Å². The van der Waals surface area contributed by atoms with Gasteiger partial charge in [-0.15, -0.1) is 0 Å². The van der Waals surface area contributed by atoms with Gasteiger partial charge in [0.15, 0.2) is 11.6 Å². The van der Waals surface area contributed by atoms with Crippen LogP contribution in [0, 0.1) is 11.6 Å². The second-order valence-electron chi connectivity index (χ2n) is 7.83. The summed E-state index contributed by atoms with van der Waals surface area (Å²) < 4.78 is 29.3. The Labute approximate surface area is 174 Å². The number of rotatable bonds is 5. The Balaban J connectivity index is 1.60. The maximum absolute atomic E-state index is 14.7. The van der Waals surface area contributed by atoms with Crippen molar-refractivity contribution in [2.75, 3.05) is 29.9 Å². The first kappa shape index (κ1) is 20.3. The van der Waals surface area contributed by atoms with Crippen molar-refractivity contribution < 1.29 is 18.4 Å². The first-order valence-electron chi connectivity index (χ1n) is 10.4. The molecular weight excluding hydrogens is 388 g/mol. The summed E-state index contributed by atoms with van der Waals surface area (Å²) >= 11 is 0. The summed E-state index contributed by atoms with van der Waals surface area (Å²) in [5.41, 5.74) is 0.666. The molecule has 2 aromatic carbocycles. The van der Waals surface area contributed by atoms with Crippen LogP contribution in [0.3, 0.4) is 0 Å². The first-order valence-corrected chi connectivity index (χ1v) is 10.4. The maximum atomic E-state index is 14.7. The van der Waals surface area contributed by atoms with Crippen molar-refractivity contribution in [1.29, 1.82) is 0 Å². The summed E-state index contributed by atoms with van der Waals surface area (Å²) in [5, 5.41) is 2.63. The Morgan fingerprint density at radius 3 is 2.20 bits per heavy atom. The van der Waals surface area contributed by atoms with Gasteiger partial charge in [-0.05, 0) is 43.4 Å². The predicted octanol–water partition coefficient (Wildman–Crippen LogP) is 4.26. The Bertz CT molecular complexity index is 906. The molecular formula is C23H25F2N3O2. The van der Waals surface area contributed by atoms with Crippen LogP contribution < -0.4 is 10.2 Å². The van der Waals surface area contributed by atoms with Crippen molar-refractivity contribution >= 4 is 23.2 Å². The number of hydrogen-bond acceptors (Lipinski definition) is 3. The summed E-state index contributed by atoms with van der Waals surface area (Å²) in [7, 11) is 0. The zero-order chi connectivity index (χ0) is 21.1. The number of benzene rings is 2. The van der Waals surface area contributed by atoms with Crippen molar-refractivity contribution in [3.05, 3.63) is 59.7 Å². The van der Waals surface area contributed by atoms with E-state index in [0.717, 1.165) is 37.8 Å². The number of nitrogens with one attached hydrogen (secondary N) is 1. The van der Waals surface area contributed by atoms with Crippen LogP contribution in [0.5, 0.6) is 0 Å². The van der Waals surface area contributed by atoms with Crippen molar-refractivity contribution in [3.63, 3.8) is 0 Å². The minimum atomic E-state index is -0.844. The minimum Gasteiger partial charge on any atom is -0.367 e. The fourth-order valence-electron chi connectivity index (χ4n) is 4.30. The molecule has 0 radical (unpaired) electrons. The summed E-state index contributed by atoms with van der Waals surface area (Å²) in [6, 6.07) is 10.4. The third-order valence-electron chi connectivity index (χ3n) is 5.74. The molecule has 0 aromatic heterocycles. The number of piperidine rings is 1. The number of hydrogen-bond donors (Lipinski definition) is 1. The molecule has 1 unspecified atom stereocenters. The fourth-order valence-corrected chi connectivity index (χ4v) is 4.30. The molecule has 5 nitrogen and oxygen atoms in total. The fraction of sp³-hybridized carbons (Fsp3) is 0.391. The molecule has 1 N–H and O–H groups in total. The number of amides is 2. The molecule has 2 aromatic rings. The van der Waals surface area contributed by atoms with Gasteiger partial charge in [0.05, 0.1) is 0 Å². The largest absolute Gasteiger partial charge is 0.367 e. The van der Waals surface area contributed by atoms with E-state index in [4.69, 9.17) is 0 Å². The summed E-state index contributed by atoms with van der Waals surface area (Å²) in [6.07, 6.45) is 3.81. The van der Waals surface area contributed by atoms with Crippen LogP contribution in [0.2, 0.25) is 0 Å². The molecule has 2 fully saturated rings. The van der Waals surface area contributed by atoms with Crippen LogP contribution in [0.1, 0.15) is 43.7 Å². The normalized spacial score (nSPS) is 17.9. The molecule has 2 amide bonds. The second-order valence-corrected chi connectivity index (χ2v) is 7.83.